The standard InChI is InChI=1S/C13H15N3OS2/c1-2-6-18-11-5-3-4-10(7-11)8-14-16-13-15-12(17)9-19-13/h3-5,7-8H,2,6,9H2,1H3,(H,15,16,17). The molecule has 100 valence electrons. The summed E-state index contributed by atoms with van der Waals surface area (Å²) in [6.45, 7) is 2.17. The van der Waals surface area contributed by atoms with E-state index < -0.39 is 0 Å². The monoisotopic (exact) mass is 293 g/mol. The van der Waals surface area contributed by atoms with Crippen molar-refractivity contribution in [3.05, 3.63) is 29.8 Å². The van der Waals surface area contributed by atoms with Crippen molar-refractivity contribution < 1.29 is 4.79 Å². The molecule has 6 heteroatoms. The van der Waals surface area contributed by atoms with Crippen molar-refractivity contribution in [2.45, 2.75) is 18.2 Å². The van der Waals surface area contributed by atoms with E-state index in [9.17, 15) is 4.79 Å². The summed E-state index contributed by atoms with van der Waals surface area (Å²) < 4.78 is 0. The number of hydrogen-bond donors (Lipinski definition) is 1. The van der Waals surface area contributed by atoms with Crippen LogP contribution < -0.4 is 5.32 Å². The lowest BCUT2D eigenvalue weighted by Crippen LogP contribution is -2.19. The van der Waals surface area contributed by atoms with Crippen LogP contribution in [0.4, 0.5) is 0 Å². The maximum absolute atomic E-state index is 11.0. The number of carbonyl (C=O) groups excluding carboxylic acids is 1. The van der Waals surface area contributed by atoms with Crippen LogP contribution in [0.2, 0.25) is 0 Å². The number of carbonyl (C=O) groups is 1. The van der Waals surface area contributed by atoms with E-state index in [1.54, 1.807) is 6.21 Å². The fraction of sp³-hybridized carbons (Fsp3) is 0.308. The van der Waals surface area contributed by atoms with Crippen LogP contribution in [-0.2, 0) is 4.79 Å². The highest BCUT2D eigenvalue weighted by Gasteiger charge is 2.15. The number of thioether (sulfide) groups is 2. The van der Waals surface area contributed by atoms with Crippen LogP contribution in [0.5, 0.6) is 0 Å². The molecule has 0 spiro atoms. The Morgan fingerprint density at radius 2 is 2.42 bits per heavy atom. The second-order valence-electron chi connectivity index (χ2n) is 3.91. The van der Waals surface area contributed by atoms with Gasteiger partial charge < -0.3 is 5.32 Å². The Morgan fingerprint density at radius 3 is 3.16 bits per heavy atom. The van der Waals surface area contributed by atoms with Crippen molar-refractivity contribution in [1.82, 2.24) is 5.32 Å². The largest absolute Gasteiger partial charge is 0.303 e. The first-order valence-corrected chi connectivity index (χ1v) is 8.01. The number of rotatable bonds is 5. The van der Waals surface area contributed by atoms with Crippen LogP contribution in [-0.4, -0.2) is 28.8 Å². The second-order valence-corrected chi connectivity index (χ2v) is 6.04. The third-order valence-electron chi connectivity index (χ3n) is 2.27. The molecule has 0 bridgehead atoms. The molecule has 0 aliphatic carbocycles. The summed E-state index contributed by atoms with van der Waals surface area (Å²) in [6.07, 6.45) is 2.86. The van der Waals surface area contributed by atoms with Crippen molar-refractivity contribution >= 4 is 40.8 Å². The quantitative estimate of drug-likeness (QED) is 0.516. The molecule has 2 rings (SSSR count). The van der Waals surface area contributed by atoms with Gasteiger partial charge >= 0.3 is 0 Å². The summed E-state index contributed by atoms with van der Waals surface area (Å²) in [5, 5.41) is 11.2. The van der Waals surface area contributed by atoms with Crippen molar-refractivity contribution in [2.75, 3.05) is 11.5 Å². The molecule has 1 aliphatic heterocycles. The minimum atomic E-state index is -0.0167. The molecule has 19 heavy (non-hydrogen) atoms. The Bertz CT molecular complexity index is 514. The zero-order valence-electron chi connectivity index (χ0n) is 10.6. The Kier molecular flexibility index (Phi) is 5.47. The Balaban J connectivity index is 1.96. The Labute approximate surface area is 121 Å². The van der Waals surface area contributed by atoms with Crippen molar-refractivity contribution in [1.29, 1.82) is 0 Å². The molecule has 0 unspecified atom stereocenters. The zero-order valence-corrected chi connectivity index (χ0v) is 12.3. The van der Waals surface area contributed by atoms with E-state index in [0.717, 1.165) is 17.7 Å². The van der Waals surface area contributed by atoms with Gasteiger partial charge in [-0.05, 0) is 29.9 Å². The van der Waals surface area contributed by atoms with Gasteiger partial charge in [-0.3, -0.25) is 4.79 Å². The van der Waals surface area contributed by atoms with Crippen LogP contribution in [0.15, 0.2) is 39.4 Å². The molecule has 0 saturated carbocycles. The highest BCUT2D eigenvalue weighted by Crippen LogP contribution is 2.19. The summed E-state index contributed by atoms with van der Waals surface area (Å²) in [4.78, 5) is 12.2. The number of nitrogens with zero attached hydrogens (tertiary/aromatic N) is 2. The fourth-order valence-electron chi connectivity index (χ4n) is 1.43. The first-order chi connectivity index (χ1) is 9.28. The second kappa shape index (κ2) is 7.35. The molecule has 1 aliphatic rings. The highest BCUT2D eigenvalue weighted by atomic mass is 32.2. The average molecular weight is 293 g/mol. The van der Waals surface area contributed by atoms with Gasteiger partial charge in [0.1, 0.15) is 0 Å². The molecule has 1 aromatic rings. The summed E-state index contributed by atoms with van der Waals surface area (Å²) in [5.74, 6) is 1.53. The van der Waals surface area contributed by atoms with Gasteiger partial charge in [-0.1, -0.05) is 30.8 Å². The van der Waals surface area contributed by atoms with Crippen LogP contribution in [0, 0.1) is 0 Å². The summed E-state index contributed by atoms with van der Waals surface area (Å²) >= 11 is 3.21. The SMILES string of the molecule is CCCSc1cccc(C=NN=C2NC(=O)CS2)c1. The van der Waals surface area contributed by atoms with Gasteiger partial charge in [0.15, 0.2) is 5.17 Å². The highest BCUT2D eigenvalue weighted by molar-refractivity contribution is 8.15. The van der Waals surface area contributed by atoms with E-state index in [4.69, 9.17) is 0 Å². The predicted octanol–water partition coefficient (Wildman–Crippen LogP) is 2.74. The summed E-state index contributed by atoms with van der Waals surface area (Å²) in [5.41, 5.74) is 1.01. The number of amidine groups is 1. The third-order valence-corrected chi connectivity index (χ3v) is 4.34. The molecule has 0 radical (unpaired) electrons. The number of amides is 1. The van der Waals surface area contributed by atoms with Crippen LogP contribution >= 0.6 is 23.5 Å². The van der Waals surface area contributed by atoms with Crippen molar-refractivity contribution in [3.8, 4) is 0 Å². The summed E-state index contributed by atoms with van der Waals surface area (Å²) in [7, 11) is 0. The normalized spacial score (nSPS) is 17.3. The van der Waals surface area contributed by atoms with Crippen LogP contribution in [0.1, 0.15) is 18.9 Å². The Hall–Kier alpha value is -1.27. The lowest BCUT2D eigenvalue weighted by Gasteiger charge is -2.00. The molecule has 1 amide bonds. The molecule has 1 heterocycles. The molecular formula is C13H15N3OS2. The fourth-order valence-corrected chi connectivity index (χ4v) is 2.90. The number of nitrogens with one attached hydrogen (secondary N) is 1. The molecule has 1 fully saturated rings. The van der Waals surface area contributed by atoms with E-state index >= 15 is 0 Å². The van der Waals surface area contributed by atoms with Gasteiger partial charge in [-0.15, -0.1) is 16.9 Å². The summed E-state index contributed by atoms with van der Waals surface area (Å²) in [6, 6.07) is 8.18. The van der Waals surface area contributed by atoms with E-state index in [1.807, 2.05) is 23.9 Å². The number of hydrogen-bond acceptors (Lipinski definition) is 5. The van der Waals surface area contributed by atoms with E-state index in [2.05, 4.69) is 34.6 Å². The molecule has 0 atom stereocenters. The van der Waals surface area contributed by atoms with Gasteiger partial charge in [-0.2, -0.15) is 5.10 Å². The van der Waals surface area contributed by atoms with Gasteiger partial charge in [0.25, 0.3) is 0 Å². The maximum Gasteiger partial charge on any atom is 0.236 e. The van der Waals surface area contributed by atoms with Crippen LogP contribution in [0.3, 0.4) is 0 Å². The third kappa shape index (κ3) is 4.72. The van der Waals surface area contributed by atoms with Gasteiger partial charge in [0.05, 0.1) is 12.0 Å². The zero-order chi connectivity index (χ0) is 13.5. The van der Waals surface area contributed by atoms with Crippen LogP contribution in [0.25, 0.3) is 0 Å². The van der Waals surface area contributed by atoms with E-state index in [0.29, 0.717) is 10.9 Å². The van der Waals surface area contributed by atoms with Crippen molar-refractivity contribution in [3.63, 3.8) is 0 Å². The minimum absolute atomic E-state index is 0.0167. The molecule has 0 aromatic heterocycles. The minimum Gasteiger partial charge on any atom is -0.303 e. The first-order valence-electron chi connectivity index (χ1n) is 6.04. The molecule has 1 saturated heterocycles. The topological polar surface area (TPSA) is 53.8 Å². The van der Waals surface area contributed by atoms with Crippen molar-refractivity contribution in [2.24, 2.45) is 10.2 Å². The maximum atomic E-state index is 11.0. The van der Waals surface area contributed by atoms with E-state index in [1.165, 1.54) is 16.7 Å². The first kappa shape index (κ1) is 14.1. The van der Waals surface area contributed by atoms with Gasteiger partial charge in [0.2, 0.25) is 5.91 Å². The molecule has 4 nitrogen and oxygen atoms in total. The lowest BCUT2D eigenvalue weighted by molar-refractivity contribution is -0.116. The molecular weight excluding hydrogens is 278 g/mol. The van der Waals surface area contributed by atoms with Gasteiger partial charge in [-0.25, -0.2) is 0 Å². The lowest BCUT2D eigenvalue weighted by atomic mass is 10.2. The number of benzene rings is 1. The molecule has 1 aromatic carbocycles. The predicted molar refractivity (Wildman–Crippen MR) is 83.1 cm³/mol. The van der Waals surface area contributed by atoms with E-state index in [-0.39, 0.29) is 5.91 Å². The average Bonchev–Trinajstić information content (AvgIpc) is 2.83. The molecule has 1 N–H and O–H groups in total. The Morgan fingerprint density at radius 1 is 1.53 bits per heavy atom. The smallest absolute Gasteiger partial charge is 0.236 e. The van der Waals surface area contributed by atoms with Gasteiger partial charge in [0, 0.05) is 4.90 Å².